The van der Waals surface area contributed by atoms with Crippen molar-refractivity contribution in [3.8, 4) is 6.07 Å². The summed E-state index contributed by atoms with van der Waals surface area (Å²) in [6, 6.07) is 2.28. The quantitative estimate of drug-likeness (QED) is 0.343. The highest BCUT2D eigenvalue weighted by Gasteiger charge is 2.42. The molecule has 0 spiro atoms. The first kappa shape index (κ1) is 27.0. The number of nitriles is 1. The molecule has 2 unspecified atom stereocenters. The lowest BCUT2D eigenvalue weighted by molar-refractivity contribution is -0.129. The van der Waals surface area contributed by atoms with E-state index in [4.69, 9.17) is 9.47 Å². The van der Waals surface area contributed by atoms with E-state index >= 15 is 0 Å². The highest BCUT2D eigenvalue weighted by Crippen LogP contribution is 2.31. The fourth-order valence-electron chi connectivity index (χ4n) is 5.23. The fourth-order valence-corrected chi connectivity index (χ4v) is 5.23. The van der Waals surface area contributed by atoms with Gasteiger partial charge in [0.15, 0.2) is 0 Å². The number of carbonyl (C=O) groups excluding carboxylic acids is 2. The second kappa shape index (κ2) is 12.9. The normalized spacial score (nSPS) is 25.3. The third-order valence-corrected chi connectivity index (χ3v) is 7.29. The first-order chi connectivity index (χ1) is 16.9. The van der Waals surface area contributed by atoms with Gasteiger partial charge < -0.3 is 29.5 Å². The number of nitrogens with zero attached hydrogens (tertiary/aromatic N) is 5. The van der Waals surface area contributed by atoms with Gasteiger partial charge in [-0.05, 0) is 39.7 Å². The number of aliphatic imine (C=N–C) groups is 1. The third-order valence-electron chi connectivity index (χ3n) is 7.29. The van der Waals surface area contributed by atoms with E-state index in [1.165, 1.54) is 6.08 Å². The van der Waals surface area contributed by atoms with Crippen molar-refractivity contribution < 1.29 is 19.1 Å². The Hall–Kier alpha value is -2.64. The number of morpholine rings is 1. The topological polar surface area (TPSA) is 110 Å². The molecule has 0 radical (unpaired) electrons. The maximum absolute atomic E-state index is 13.6. The van der Waals surface area contributed by atoms with Crippen LogP contribution in [-0.4, -0.2) is 104 Å². The van der Waals surface area contributed by atoms with Crippen LogP contribution >= 0.6 is 0 Å². The van der Waals surface area contributed by atoms with Gasteiger partial charge in [0, 0.05) is 38.8 Å². The second-order valence-corrected chi connectivity index (χ2v) is 9.61. The number of hydrogen-bond donors (Lipinski definition) is 1. The molecule has 2 aliphatic heterocycles. The lowest BCUT2D eigenvalue weighted by atomic mass is 9.81. The summed E-state index contributed by atoms with van der Waals surface area (Å²) >= 11 is 0. The summed E-state index contributed by atoms with van der Waals surface area (Å²) in [5.41, 5.74) is -0.821. The monoisotopic (exact) mass is 488 g/mol. The molecule has 1 saturated carbocycles. The zero-order chi connectivity index (χ0) is 25.3. The van der Waals surface area contributed by atoms with Crippen LogP contribution in [0.3, 0.4) is 0 Å². The summed E-state index contributed by atoms with van der Waals surface area (Å²) < 4.78 is 10.7. The first-order valence-corrected chi connectivity index (χ1v) is 12.8. The molecular weight excluding hydrogens is 448 g/mol. The zero-order valence-electron chi connectivity index (χ0n) is 21.2. The van der Waals surface area contributed by atoms with Crippen molar-refractivity contribution in [1.82, 2.24) is 20.0 Å². The van der Waals surface area contributed by atoms with Crippen molar-refractivity contribution in [2.45, 2.75) is 57.0 Å². The molecule has 1 aliphatic carbocycles. The molecule has 3 fully saturated rings. The standard InChI is InChI=1S/C25H40N6O4/c1-4-16-35-24(33)27-23(30-14-17-34-18-15-30)31(5-2)21-9-7-6-8-20(21)22(32)28-25(19-26)10-12-29(3)13-11-25/h4,20-21H,1,5-18H2,2-3H3,(H,28,32). The number of amides is 2. The average Bonchev–Trinajstić information content (AvgIpc) is 2.89. The van der Waals surface area contributed by atoms with E-state index < -0.39 is 11.6 Å². The SMILES string of the molecule is C=CCOC(=O)N=C(N1CCOCC1)N(CC)C1CCCCC1C(=O)NC1(C#N)CCN(C)CC1. The second-order valence-electron chi connectivity index (χ2n) is 9.61. The van der Waals surface area contributed by atoms with Crippen LogP contribution in [0.1, 0.15) is 45.4 Å². The summed E-state index contributed by atoms with van der Waals surface area (Å²) in [6.07, 6.45) is 5.60. The Balaban J connectivity index is 1.84. The van der Waals surface area contributed by atoms with Gasteiger partial charge in [-0.2, -0.15) is 5.26 Å². The van der Waals surface area contributed by atoms with Crippen molar-refractivity contribution in [3.63, 3.8) is 0 Å². The molecule has 2 saturated heterocycles. The van der Waals surface area contributed by atoms with Gasteiger partial charge in [0.1, 0.15) is 12.1 Å². The van der Waals surface area contributed by atoms with Crippen LogP contribution in [0.2, 0.25) is 0 Å². The molecule has 2 atom stereocenters. The van der Waals surface area contributed by atoms with E-state index in [1.807, 2.05) is 18.9 Å². The number of rotatable bonds is 6. The number of guanidine groups is 1. The fraction of sp³-hybridized carbons (Fsp3) is 0.760. The number of piperidine rings is 1. The maximum Gasteiger partial charge on any atom is 0.437 e. The van der Waals surface area contributed by atoms with Gasteiger partial charge in [0.2, 0.25) is 11.9 Å². The molecule has 0 bridgehead atoms. The molecule has 194 valence electrons. The van der Waals surface area contributed by atoms with E-state index in [1.54, 1.807) is 0 Å². The van der Waals surface area contributed by atoms with Crippen LogP contribution in [0.15, 0.2) is 17.6 Å². The molecule has 0 aromatic heterocycles. The van der Waals surface area contributed by atoms with Crippen molar-refractivity contribution in [1.29, 1.82) is 5.26 Å². The largest absolute Gasteiger partial charge is 0.444 e. The Morgan fingerprint density at radius 1 is 1.26 bits per heavy atom. The van der Waals surface area contributed by atoms with E-state index in [0.29, 0.717) is 51.6 Å². The lowest BCUT2D eigenvalue weighted by Crippen LogP contribution is -2.60. The van der Waals surface area contributed by atoms with Gasteiger partial charge in [0.25, 0.3) is 0 Å². The van der Waals surface area contributed by atoms with Crippen LogP contribution in [0.5, 0.6) is 0 Å². The van der Waals surface area contributed by atoms with Gasteiger partial charge in [0.05, 0.1) is 25.2 Å². The van der Waals surface area contributed by atoms with E-state index in [0.717, 1.165) is 38.8 Å². The molecule has 1 N–H and O–H groups in total. The minimum Gasteiger partial charge on any atom is -0.444 e. The average molecular weight is 489 g/mol. The summed E-state index contributed by atoms with van der Waals surface area (Å²) in [7, 11) is 2.03. The van der Waals surface area contributed by atoms with E-state index in [-0.39, 0.29) is 24.5 Å². The smallest absolute Gasteiger partial charge is 0.437 e. The molecule has 10 heteroatoms. The van der Waals surface area contributed by atoms with Gasteiger partial charge in [-0.1, -0.05) is 25.5 Å². The summed E-state index contributed by atoms with van der Waals surface area (Å²) in [6.45, 7) is 10.2. The van der Waals surface area contributed by atoms with Crippen LogP contribution in [-0.2, 0) is 14.3 Å². The Bertz CT molecular complexity index is 811. The van der Waals surface area contributed by atoms with Crippen molar-refractivity contribution in [2.75, 3.05) is 59.6 Å². The van der Waals surface area contributed by atoms with Gasteiger partial charge in [-0.3, -0.25) is 4.79 Å². The van der Waals surface area contributed by atoms with Crippen LogP contribution in [0.4, 0.5) is 4.79 Å². The lowest BCUT2D eigenvalue weighted by Gasteiger charge is -2.45. The molecule has 0 aromatic carbocycles. The van der Waals surface area contributed by atoms with E-state index in [9.17, 15) is 14.9 Å². The molecule has 3 aliphatic rings. The molecular formula is C25H40N6O4. The predicted octanol–water partition coefficient (Wildman–Crippen LogP) is 1.98. The minimum absolute atomic E-state index is 0.0742. The number of hydrogen-bond acceptors (Lipinski definition) is 6. The highest BCUT2D eigenvalue weighted by atomic mass is 16.5. The van der Waals surface area contributed by atoms with Crippen molar-refractivity contribution in [3.05, 3.63) is 12.7 Å². The molecule has 35 heavy (non-hydrogen) atoms. The highest BCUT2D eigenvalue weighted by molar-refractivity contribution is 5.91. The zero-order valence-corrected chi connectivity index (χ0v) is 21.2. The molecule has 0 aromatic rings. The van der Waals surface area contributed by atoms with Crippen LogP contribution < -0.4 is 5.32 Å². The van der Waals surface area contributed by atoms with Crippen molar-refractivity contribution >= 4 is 18.0 Å². The Labute approximate surface area is 208 Å². The summed E-state index contributed by atoms with van der Waals surface area (Å²) in [5, 5.41) is 13.1. The number of ether oxygens (including phenoxy) is 2. The van der Waals surface area contributed by atoms with Gasteiger partial charge in [-0.15, -0.1) is 4.99 Å². The Morgan fingerprint density at radius 3 is 2.57 bits per heavy atom. The molecule has 3 rings (SSSR count). The van der Waals surface area contributed by atoms with Gasteiger partial charge >= 0.3 is 6.09 Å². The Morgan fingerprint density at radius 2 is 1.94 bits per heavy atom. The molecule has 10 nitrogen and oxygen atoms in total. The first-order valence-electron chi connectivity index (χ1n) is 12.8. The number of likely N-dealkylation sites (tertiary alicyclic amines) is 1. The maximum atomic E-state index is 13.6. The van der Waals surface area contributed by atoms with Crippen LogP contribution in [0, 0.1) is 17.2 Å². The third kappa shape index (κ3) is 6.95. The van der Waals surface area contributed by atoms with Crippen LogP contribution in [0.25, 0.3) is 0 Å². The van der Waals surface area contributed by atoms with Crippen molar-refractivity contribution in [2.24, 2.45) is 10.9 Å². The number of carbonyl (C=O) groups is 2. The molecule has 2 amide bonds. The predicted molar refractivity (Wildman–Crippen MR) is 133 cm³/mol. The minimum atomic E-state index is -0.821. The molecule has 2 heterocycles. The van der Waals surface area contributed by atoms with E-state index in [2.05, 4.69) is 32.8 Å². The summed E-state index contributed by atoms with van der Waals surface area (Å²) in [5.74, 6) is 0.169. The van der Waals surface area contributed by atoms with Gasteiger partial charge in [-0.25, -0.2) is 4.79 Å². The Kier molecular flexibility index (Phi) is 9.93. The number of nitrogens with one attached hydrogen (secondary N) is 1. The summed E-state index contributed by atoms with van der Waals surface area (Å²) in [4.78, 5) is 36.8.